The third-order valence-electron chi connectivity index (χ3n) is 3.94. The Hall–Kier alpha value is -2.01. The molecule has 1 aliphatic rings. The van der Waals surface area contributed by atoms with Crippen LogP contribution in [0, 0.1) is 5.92 Å². The quantitative estimate of drug-likeness (QED) is 0.447. The van der Waals surface area contributed by atoms with Crippen molar-refractivity contribution in [3.05, 3.63) is 36.1 Å². The molecular weight excluding hydrogens is 290 g/mol. The van der Waals surface area contributed by atoms with E-state index in [4.69, 9.17) is 9.15 Å². The van der Waals surface area contributed by atoms with Gasteiger partial charge >= 0.3 is 0 Å². The highest BCUT2D eigenvalue weighted by molar-refractivity contribution is 5.80. The van der Waals surface area contributed by atoms with Crippen LogP contribution in [0.25, 0.3) is 11.0 Å². The number of hydrogen-bond donors (Lipinski definition) is 2. The van der Waals surface area contributed by atoms with E-state index >= 15 is 0 Å². The van der Waals surface area contributed by atoms with Crippen LogP contribution in [0.5, 0.6) is 0 Å². The molecule has 1 aromatic heterocycles. The molecule has 1 aliphatic carbocycles. The number of aliphatic imine (C=N–C) groups is 1. The lowest BCUT2D eigenvalue weighted by Gasteiger charge is -2.11. The van der Waals surface area contributed by atoms with Crippen molar-refractivity contribution in [2.24, 2.45) is 10.9 Å². The normalized spacial score (nSPS) is 15.1. The SMILES string of the molecule is CN=C(NCCCOCC1CC1)NCc1cc2ccccc2o1. The van der Waals surface area contributed by atoms with Gasteiger partial charge in [-0.15, -0.1) is 0 Å². The van der Waals surface area contributed by atoms with Crippen LogP contribution in [0.2, 0.25) is 0 Å². The van der Waals surface area contributed by atoms with Crippen LogP contribution in [-0.4, -0.2) is 32.8 Å². The highest BCUT2D eigenvalue weighted by atomic mass is 16.5. The summed E-state index contributed by atoms with van der Waals surface area (Å²) < 4.78 is 11.4. The number of nitrogens with one attached hydrogen (secondary N) is 2. The van der Waals surface area contributed by atoms with Gasteiger partial charge in [0.25, 0.3) is 0 Å². The maximum absolute atomic E-state index is 5.78. The number of rotatable bonds is 8. The molecular formula is C18H25N3O2. The van der Waals surface area contributed by atoms with Crippen LogP contribution >= 0.6 is 0 Å². The van der Waals surface area contributed by atoms with Crippen LogP contribution in [-0.2, 0) is 11.3 Å². The molecule has 3 rings (SSSR count). The molecule has 5 nitrogen and oxygen atoms in total. The standard InChI is InChI=1S/C18H25N3O2/c1-19-18(20-9-4-10-22-13-14-7-8-14)21-12-16-11-15-5-2-3-6-17(15)23-16/h2-3,5-6,11,14H,4,7-10,12-13H2,1H3,(H2,19,20,21). The van der Waals surface area contributed by atoms with E-state index in [-0.39, 0.29) is 0 Å². The van der Waals surface area contributed by atoms with Crippen molar-refractivity contribution in [3.63, 3.8) is 0 Å². The smallest absolute Gasteiger partial charge is 0.191 e. The topological polar surface area (TPSA) is 58.8 Å². The molecule has 1 heterocycles. The average molecular weight is 315 g/mol. The number of hydrogen-bond acceptors (Lipinski definition) is 3. The molecule has 5 heteroatoms. The van der Waals surface area contributed by atoms with E-state index in [0.29, 0.717) is 6.54 Å². The van der Waals surface area contributed by atoms with Crippen molar-refractivity contribution in [1.29, 1.82) is 0 Å². The number of para-hydroxylation sites is 1. The number of furan rings is 1. The summed E-state index contributed by atoms with van der Waals surface area (Å²) in [7, 11) is 1.78. The lowest BCUT2D eigenvalue weighted by molar-refractivity contribution is 0.123. The second-order valence-corrected chi connectivity index (χ2v) is 5.97. The molecule has 0 bridgehead atoms. The van der Waals surface area contributed by atoms with Gasteiger partial charge in [0.15, 0.2) is 5.96 Å². The van der Waals surface area contributed by atoms with Crippen molar-refractivity contribution in [3.8, 4) is 0 Å². The fourth-order valence-electron chi connectivity index (χ4n) is 2.43. The van der Waals surface area contributed by atoms with Crippen LogP contribution in [0.1, 0.15) is 25.0 Å². The summed E-state index contributed by atoms with van der Waals surface area (Å²) in [5.41, 5.74) is 0.917. The molecule has 23 heavy (non-hydrogen) atoms. The Labute approximate surface area is 137 Å². The first-order chi connectivity index (χ1) is 11.3. The number of ether oxygens (including phenoxy) is 1. The predicted molar refractivity (Wildman–Crippen MR) is 92.6 cm³/mol. The van der Waals surface area contributed by atoms with Gasteiger partial charge in [0.05, 0.1) is 6.54 Å². The van der Waals surface area contributed by atoms with E-state index < -0.39 is 0 Å². The molecule has 0 amide bonds. The van der Waals surface area contributed by atoms with Crippen molar-refractivity contribution >= 4 is 16.9 Å². The van der Waals surface area contributed by atoms with Crippen LogP contribution in [0.3, 0.4) is 0 Å². The second-order valence-electron chi connectivity index (χ2n) is 5.97. The Morgan fingerprint density at radius 3 is 2.96 bits per heavy atom. The van der Waals surface area contributed by atoms with Gasteiger partial charge < -0.3 is 19.8 Å². The van der Waals surface area contributed by atoms with Crippen LogP contribution in [0.15, 0.2) is 39.7 Å². The highest BCUT2D eigenvalue weighted by Gasteiger charge is 2.20. The van der Waals surface area contributed by atoms with Gasteiger partial charge in [-0.3, -0.25) is 4.99 Å². The number of fused-ring (bicyclic) bond motifs is 1. The van der Waals surface area contributed by atoms with Crippen molar-refractivity contribution in [1.82, 2.24) is 10.6 Å². The van der Waals surface area contributed by atoms with Crippen molar-refractivity contribution in [2.75, 3.05) is 26.8 Å². The zero-order valence-corrected chi connectivity index (χ0v) is 13.7. The number of guanidine groups is 1. The monoisotopic (exact) mass is 315 g/mol. The lowest BCUT2D eigenvalue weighted by Crippen LogP contribution is -2.37. The Morgan fingerprint density at radius 1 is 1.30 bits per heavy atom. The Kier molecular flexibility index (Phi) is 5.53. The van der Waals surface area contributed by atoms with E-state index in [9.17, 15) is 0 Å². The minimum atomic E-state index is 0.618. The van der Waals surface area contributed by atoms with E-state index in [0.717, 1.165) is 54.8 Å². The zero-order chi connectivity index (χ0) is 15.9. The molecule has 0 saturated heterocycles. The average Bonchev–Trinajstić information content (AvgIpc) is 3.30. The molecule has 0 spiro atoms. The summed E-state index contributed by atoms with van der Waals surface area (Å²) in [5, 5.41) is 7.69. The van der Waals surface area contributed by atoms with E-state index in [1.807, 2.05) is 18.2 Å². The first-order valence-corrected chi connectivity index (χ1v) is 8.35. The van der Waals surface area contributed by atoms with Crippen LogP contribution < -0.4 is 10.6 Å². The third kappa shape index (κ3) is 4.99. The maximum atomic E-state index is 5.78. The van der Waals surface area contributed by atoms with Crippen molar-refractivity contribution < 1.29 is 9.15 Å². The summed E-state index contributed by atoms with van der Waals surface area (Å²) in [6, 6.07) is 10.1. The van der Waals surface area contributed by atoms with Gasteiger partial charge in [-0.1, -0.05) is 18.2 Å². The van der Waals surface area contributed by atoms with Gasteiger partial charge in [-0.05, 0) is 37.3 Å². The third-order valence-corrected chi connectivity index (χ3v) is 3.94. The first kappa shape index (κ1) is 15.9. The highest BCUT2D eigenvalue weighted by Crippen LogP contribution is 2.28. The summed E-state index contributed by atoms with van der Waals surface area (Å²) in [6.07, 6.45) is 3.67. The lowest BCUT2D eigenvalue weighted by atomic mass is 10.2. The number of benzene rings is 1. The van der Waals surface area contributed by atoms with E-state index in [2.05, 4.69) is 27.8 Å². The molecule has 2 N–H and O–H groups in total. The molecule has 1 fully saturated rings. The predicted octanol–water partition coefficient (Wildman–Crippen LogP) is 2.91. The van der Waals surface area contributed by atoms with Gasteiger partial charge in [-0.25, -0.2) is 0 Å². The fourth-order valence-corrected chi connectivity index (χ4v) is 2.43. The molecule has 1 saturated carbocycles. The fraction of sp³-hybridized carbons (Fsp3) is 0.500. The second kappa shape index (κ2) is 8.02. The summed E-state index contributed by atoms with van der Waals surface area (Å²) in [6.45, 7) is 3.21. The van der Waals surface area contributed by atoms with Gasteiger partial charge in [0.2, 0.25) is 0 Å². The Balaban J connectivity index is 1.35. The molecule has 0 aliphatic heterocycles. The largest absolute Gasteiger partial charge is 0.459 e. The molecule has 2 aromatic rings. The van der Waals surface area contributed by atoms with Gasteiger partial charge in [-0.2, -0.15) is 0 Å². The Morgan fingerprint density at radius 2 is 2.17 bits per heavy atom. The first-order valence-electron chi connectivity index (χ1n) is 8.35. The maximum Gasteiger partial charge on any atom is 0.191 e. The zero-order valence-electron chi connectivity index (χ0n) is 13.7. The molecule has 0 unspecified atom stereocenters. The van der Waals surface area contributed by atoms with Crippen molar-refractivity contribution in [2.45, 2.75) is 25.8 Å². The van der Waals surface area contributed by atoms with E-state index in [1.165, 1.54) is 12.8 Å². The van der Waals surface area contributed by atoms with Crippen LogP contribution in [0.4, 0.5) is 0 Å². The molecule has 1 aromatic carbocycles. The van der Waals surface area contributed by atoms with Gasteiger partial charge in [0.1, 0.15) is 11.3 Å². The van der Waals surface area contributed by atoms with Gasteiger partial charge in [0, 0.05) is 32.2 Å². The molecule has 124 valence electrons. The molecule has 0 radical (unpaired) electrons. The summed E-state index contributed by atoms with van der Waals surface area (Å²) in [5.74, 6) is 2.52. The van der Waals surface area contributed by atoms with E-state index in [1.54, 1.807) is 7.05 Å². The minimum Gasteiger partial charge on any atom is -0.459 e. The minimum absolute atomic E-state index is 0.618. The summed E-state index contributed by atoms with van der Waals surface area (Å²) in [4.78, 5) is 4.23. The molecule has 0 atom stereocenters. The Bertz CT molecular complexity index is 614. The summed E-state index contributed by atoms with van der Waals surface area (Å²) >= 11 is 0. The number of nitrogens with zero attached hydrogens (tertiary/aromatic N) is 1.